The van der Waals surface area contributed by atoms with Crippen LogP contribution >= 0.6 is 0 Å². The number of carbonyl (C=O) groups excluding carboxylic acids is 1. The quantitative estimate of drug-likeness (QED) is 0.456. The van der Waals surface area contributed by atoms with Crippen molar-refractivity contribution >= 4 is 16.9 Å². The lowest BCUT2D eigenvalue weighted by atomic mass is 10.1. The summed E-state index contributed by atoms with van der Waals surface area (Å²) in [6, 6.07) is 13.4. The number of halogens is 1. The van der Waals surface area contributed by atoms with Gasteiger partial charge in [-0.05, 0) is 44.0 Å². The number of rotatable bonds is 7. The molecule has 9 heteroatoms. The van der Waals surface area contributed by atoms with E-state index in [4.69, 9.17) is 0 Å². The predicted octanol–water partition coefficient (Wildman–Crippen LogP) is 2.50. The molecular weight excluding hydrogens is 437 g/mol. The van der Waals surface area contributed by atoms with Crippen molar-refractivity contribution in [1.82, 2.24) is 24.2 Å². The van der Waals surface area contributed by atoms with Crippen molar-refractivity contribution in [2.24, 2.45) is 0 Å². The Labute approximate surface area is 195 Å². The molecule has 0 saturated heterocycles. The smallest absolute Gasteiger partial charge is 0.332 e. The molecule has 0 bridgehead atoms. The average Bonchev–Trinajstić information content (AvgIpc) is 3.16. The number of aryl methyl sites for hydroxylation is 3. The van der Waals surface area contributed by atoms with Crippen molar-refractivity contribution in [3.63, 3.8) is 0 Å². The minimum Gasteiger partial charge on any atom is -0.350 e. The van der Waals surface area contributed by atoms with Gasteiger partial charge in [0.05, 0.1) is 12.2 Å². The van der Waals surface area contributed by atoms with Gasteiger partial charge in [-0.3, -0.25) is 23.4 Å². The Morgan fingerprint density at radius 1 is 0.941 bits per heavy atom. The van der Waals surface area contributed by atoms with E-state index in [9.17, 15) is 18.8 Å². The molecule has 2 heterocycles. The summed E-state index contributed by atoms with van der Waals surface area (Å²) in [6.07, 6.45) is 0. The summed E-state index contributed by atoms with van der Waals surface area (Å²) in [5.41, 5.74) is 2.63. The molecule has 0 saturated carbocycles. The third kappa shape index (κ3) is 4.54. The average molecular weight is 464 g/mol. The normalized spacial score (nSPS) is 11.2. The zero-order chi connectivity index (χ0) is 24.4. The molecular formula is C25H26FN5O3. The molecule has 0 aliphatic carbocycles. The van der Waals surface area contributed by atoms with Crippen molar-refractivity contribution in [2.45, 2.75) is 47.0 Å². The predicted molar refractivity (Wildman–Crippen MR) is 127 cm³/mol. The summed E-state index contributed by atoms with van der Waals surface area (Å²) < 4.78 is 17.2. The lowest BCUT2D eigenvalue weighted by molar-refractivity contribution is -0.121. The highest BCUT2D eigenvalue weighted by atomic mass is 19.1. The van der Waals surface area contributed by atoms with Gasteiger partial charge >= 0.3 is 5.69 Å². The van der Waals surface area contributed by atoms with E-state index in [-0.39, 0.29) is 24.5 Å². The van der Waals surface area contributed by atoms with Crippen LogP contribution in [0.3, 0.4) is 0 Å². The number of fused-ring (bicyclic) bond motifs is 1. The minimum absolute atomic E-state index is 0.0488. The van der Waals surface area contributed by atoms with E-state index in [1.165, 1.54) is 33.5 Å². The summed E-state index contributed by atoms with van der Waals surface area (Å²) in [5.74, 6) is -0.770. The van der Waals surface area contributed by atoms with Gasteiger partial charge in [0.1, 0.15) is 17.9 Å². The SMILES string of the molecule is CCn1nc(C)c2c1c(=O)n(Cc1ccc(F)cc1)c(=O)n2CC(=O)NCc1ccc(C)cc1. The topological polar surface area (TPSA) is 90.9 Å². The maximum absolute atomic E-state index is 13.4. The fraction of sp³-hybridized carbons (Fsp3) is 0.280. The molecule has 4 aromatic rings. The molecule has 0 radical (unpaired) electrons. The zero-order valence-corrected chi connectivity index (χ0v) is 19.3. The second-order valence-corrected chi connectivity index (χ2v) is 8.25. The Hall–Kier alpha value is -4.01. The minimum atomic E-state index is -0.619. The van der Waals surface area contributed by atoms with Crippen LogP contribution in [0.25, 0.3) is 11.0 Å². The molecule has 8 nitrogen and oxygen atoms in total. The van der Waals surface area contributed by atoms with Gasteiger partial charge in [-0.15, -0.1) is 0 Å². The van der Waals surface area contributed by atoms with Gasteiger partial charge < -0.3 is 5.32 Å². The number of hydrogen-bond acceptors (Lipinski definition) is 4. The number of nitrogens with zero attached hydrogens (tertiary/aromatic N) is 4. The number of carbonyl (C=O) groups is 1. The molecule has 1 N–H and O–H groups in total. The van der Waals surface area contributed by atoms with Gasteiger partial charge in [0.2, 0.25) is 5.91 Å². The van der Waals surface area contributed by atoms with Gasteiger partial charge in [-0.25, -0.2) is 9.18 Å². The van der Waals surface area contributed by atoms with Crippen molar-refractivity contribution in [1.29, 1.82) is 0 Å². The van der Waals surface area contributed by atoms with E-state index in [0.29, 0.717) is 29.9 Å². The van der Waals surface area contributed by atoms with E-state index in [0.717, 1.165) is 15.7 Å². The van der Waals surface area contributed by atoms with E-state index >= 15 is 0 Å². The van der Waals surface area contributed by atoms with Gasteiger partial charge in [0.15, 0.2) is 5.52 Å². The van der Waals surface area contributed by atoms with Gasteiger partial charge in [0.25, 0.3) is 5.56 Å². The van der Waals surface area contributed by atoms with E-state index in [1.807, 2.05) is 38.1 Å². The second-order valence-electron chi connectivity index (χ2n) is 8.25. The highest BCUT2D eigenvalue weighted by Gasteiger charge is 2.21. The number of hydrogen-bond donors (Lipinski definition) is 1. The summed E-state index contributed by atoms with van der Waals surface area (Å²) in [7, 11) is 0. The molecule has 2 aromatic heterocycles. The summed E-state index contributed by atoms with van der Waals surface area (Å²) >= 11 is 0. The van der Waals surface area contributed by atoms with Crippen molar-refractivity contribution in [3.8, 4) is 0 Å². The number of amides is 1. The third-order valence-electron chi connectivity index (χ3n) is 5.74. The molecule has 0 aliphatic heterocycles. The van der Waals surface area contributed by atoms with Crippen LogP contribution in [0, 0.1) is 19.7 Å². The molecule has 176 valence electrons. The Balaban J connectivity index is 1.73. The first-order valence-electron chi connectivity index (χ1n) is 11.1. The number of nitrogens with one attached hydrogen (secondary N) is 1. The van der Waals surface area contributed by atoms with Gasteiger partial charge in [-0.1, -0.05) is 42.0 Å². The molecule has 0 unspecified atom stereocenters. The fourth-order valence-electron chi connectivity index (χ4n) is 3.96. The first-order chi connectivity index (χ1) is 16.3. The lowest BCUT2D eigenvalue weighted by Gasteiger charge is -2.13. The van der Waals surface area contributed by atoms with Gasteiger partial charge in [-0.2, -0.15) is 5.10 Å². The molecule has 0 atom stereocenters. The van der Waals surface area contributed by atoms with Crippen LogP contribution in [0.1, 0.15) is 29.3 Å². The molecule has 0 spiro atoms. The standard InChI is InChI=1S/C25H26FN5O3/c1-4-31-23-22(17(3)28-31)29(15-21(32)27-13-18-7-5-16(2)6-8-18)25(34)30(24(23)33)14-19-9-11-20(26)12-10-19/h5-12H,4,13-15H2,1-3H3,(H,27,32). The van der Waals surface area contributed by atoms with Crippen LogP contribution in [0.15, 0.2) is 58.1 Å². The Morgan fingerprint density at radius 2 is 1.59 bits per heavy atom. The van der Waals surface area contributed by atoms with Gasteiger partial charge in [0, 0.05) is 13.1 Å². The van der Waals surface area contributed by atoms with Crippen LogP contribution in [0.5, 0.6) is 0 Å². The molecule has 2 aromatic carbocycles. The van der Waals surface area contributed by atoms with Crippen molar-refractivity contribution in [3.05, 3.63) is 97.6 Å². The van der Waals surface area contributed by atoms with E-state index in [1.54, 1.807) is 6.92 Å². The largest absolute Gasteiger partial charge is 0.350 e. The van der Waals surface area contributed by atoms with Crippen LogP contribution in [-0.4, -0.2) is 24.8 Å². The van der Waals surface area contributed by atoms with Crippen LogP contribution < -0.4 is 16.6 Å². The third-order valence-corrected chi connectivity index (χ3v) is 5.74. The molecule has 0 fully saturated rings. The van der Waals surface area contributed by atoms with E-state index in [2.05, 4.69) is 10.4 Å². The van der Waals surface area contributed by atoms with Crippen LogP contribution in [0.2, 0.25) is 0 Å². The highest BCUT2D eigenvalue weighted by molar-refractivity contribution is 5.81. The number of aromatic nitrogens is 4. The molecule has 4 rings (SSSR count). The fourth-order valence-corrected chi connectivity index (χ4v) is 3.96. The van der Waals surface area contributed by atoms with Crippen molar-refractivity contribution in [2.75, 3.05) is 0 Å². The van der Waals surface area contributed by atoms with E-state index < -0.39 is 17.1 Å². The monoisotopic (exact) mass is 463 g/mol. The molecule has 0 aliphatic rings. The highest BCUT2D eigenvalue weighted by Crippen LogP contribution is 2.14. The Bertz CT molecular complexity index is 1460. The lowest BCUT2D eigenvalue weighted by Crippen LogP contribution is -2.43. The molecule has 1 amide bonds. The number of benzene rings is 2. The van der Waals surface area contributed by atoms with Crippen molar-refractivity contribution < 1.29 is 9.18 Å². The summed E-state index contributed by atoms with van der Waals surface area (Å²) in [6.45, 7) is 5.97. The zero-order valence-electron chi connectivity index (χ0n) is 19.3. The Kier molecular flexibility index (Phi) is 6.45. The van der Waals surface area contributed by atoms with Crippen LogP contribution in [0.4, 0.5) is 4.39 Å². The first-order valence-corrected chi connectivity index (χ1v) is 11.1. The summed E-state index contributed by atoms with van der Waals surface area (Å²) in [4.78, 5) is 39.5. The van der Waals surface area contributed by atoms with Crippen LogP contribution in [-0.2, 0) is 31.0 Å². The second kappa shape index (κ2) is 9.46. The Morgan fingerprint density at radius 3 is 2.24 bits per heavy atom. The maximum Gasteiger partial charge on any atom is 0.332 e. The maximum atomic E-state index is 13.4. The molecule has 34 heavy (non-hydrogen) atoms. The first kappa shape index (κ1) is 23.2. The summed E-state index contributed by atoms with van der Waals surface area (Å²) in [5, 5.41) is 7.24.